The maximum Gasteiger partial charge on any atom is 0.305 e. The van der Waals surface area contributed by atoms with Crippen LogP contribution in [0.2, 0.25) is 0 Å². The zero-order chi connectivity index (χ0) is 67.7. The molecule has 0 fully saturated rings. The lowest BCUT2D eigenvalue weighted by molar-refractivity contribution is -0.143. The van der Waals surface area contributed by atoms with E-state index in [9.17, 15) is 19.8 Å². The molecule has 0 aromatic heterocycles. The molecule has 552 valence electrons. The summed E-state index contributed by atoms with van der Waals surface area (Å²) >= 11 is 0. The number of aliphatic hydroxyl groups excluding tert-OH is 2. The van der Waals surface area contributed by atoms with Crippen LogP contribution < -0.4 is 5.32 Å². The quantitative estimate of drug-likeness (QED) is 0.0320. The number of unbranched alkanes of at least 4 members (excludes halogenated alkanes) is 61. The van der Waals surface area contributed by atoms with E-state index in [4.69, 9.17) is 4.74 Å². The van der Waals surface area contributed by atoms with Crippen LogP contribution in [0.25, 0.3) is 0 Å². The number of ether oxygens (including phenoxy) is 1. The number of nitrogens with one attached hydrogen (secondary N) is 1. The summed E-state index contributed by atoms with van der Waals surface area (Å²) in [5.74, 6) is -0.0507. The van der Waals surface area contributed by atoms with Crippen LogP contribution in [0.5, 0.6) is 0 Å². The monoisotopic (exact) mass is 1320 g/mol. The third-order valence-electron chi connectivity index (χ3n) is 19.8. The Balaban J connectivity index is 3.40. The Morgan fingerprint density at radius 2 is 0.532 bits per heavy atom. The zero-order valence-corrected chi connectivity index (χ0v) is 63.5. The van der Waals surface area contributed by atoms with Crippen LogP contribution >= 0.6 is 0 Å². The number of carbonyl (C=O) groups is 2. The molecule has 0 bridgehead atoms. The average molecular weight is 1320 g/mol. The summed E-state index contributed by atoms with van der Waals surface area (Å²) in [5.41, 5.74) is 0. The van der Waals surface area contributed by atoms with E-state index in [0.29, 0.717) is 19.4 Å². The molecule has 2 unspecified atom stereocenters. The summed E-state index contributed by atoms with van der Waals surface area (Å²) in [6, 6.07) is -0.629. The second-order valence-corrected chi connectivity index (χ2v) is 29.2. The zero-order valence-electron chi connectivity index (χ0n) is 63.5. The smallest absolute Gasteiger partial charge is 0.305 e. The summed E-state index contributed by atoms with van der Waals surface area (Å²) in [7, 11) is 0. The molecule has 3 N–H and O–H groups in total. The molecule has 0 rings (SSSR count). The Labute approximate surface area is 588 Å². The van der Waals surface area contributed by atoms with Gasteiger partial charge in [0.2, 0.25) is 5.91 Å². The fourth-order valence-electron chi connectivity index (χ4n) is 13.3. The average Bonchev–Trinajstić information content (AvgIpc) is 3.70. The van der Waals surface area contributed by atoms with Gasteiger partial charge >= 0.3 is 5.97 Å². The van der Waals surface area contributed by atoms with Gasteiger partial charge in [-0.3, -0.25) is 9.59 Å². The molecule has 0 aromatic carbocycles. The Bertz CT molecular complexity index is 1620. The Morgan fingerprint density at radius 1 is 0.298 bits per heavy atom. The summed E-state index contributed by atoms with van der Waals surface area (Å²) in [6.07, 6.45) is 112. The molecule has 0 aliphatic rings. The number of hydrogen-bond donors (Lipinski definition) is 3. The molecule has 0 radical (unpaired) electrons. The van der Waals surface area contributed by atoms with Crippen LogP contribution in [0.15, 0.2) is 60.8 Å². The van der Waals surface area contributed by atoms with Gasteiger partial charge in [0.25, 0.3) is 0 Å². The number of rotatable bonds is 80. The number of hydrogen-bond acceptors (Lipinski definition) is 5. The van der Waals surface area contributed by atoms with Crippen molar-refractivity contribution in [1.29, 1.82) is 0 Å². The molecule has 0 heterocycles. The van der Waals surface area contributed by atoms with Crippen molar-refractivity contribution in [1.82, 2.24) is 5.32 Å². The van der Waals surface area contributed by atoms with Crippen molar-refractivity contribution in [2.75, 3.05) is 13.2 Å². The number of amides is 1. The van der Waals surface area contributed by atoms with E-state index in [1.54, 1.807) is 6.08 Å². The minimum Gasteiger partial charge on any atom is -0.466 e. The van der Waals surface area contributed by atoms with Crippen LogP contribution in [0, 0.1) is 0 Å². The molecule has 0 saturated heterocycles. The Kier molecular flexibility index (Phi) is 80.8. The summed E-state index contributed by atoms with van der Waals surface area (Å²) < 4.78 is 5.51. The van der Waals surface area contributed by atoms with Crippen molar-refractivity contribution in [3.05, 3.63) is 60.8 Å². The molecule has 0 aliphatic heterocycles. The van der Waals surface area contributed by atoms with Crippen molar-refractivity contribution < 1.29 is 24.5 Å². The second kappa shape index (κ2) is 83.0. The van der Waals surface area contributed by atoms with Gasteiger partial charge in [0.15, 0.2) is 0 Å². The van der Waals surface area contributed by atoms with Gasteiger partial charge in [-0.05, 0) is 96.3 Å². The molecule has 6 nitrogen and oxygen atoms in total. The van der Waals surface area contributed by atoms with Crippen LogP contribution in [0.4, 0.5) is 0 Å². The van der Waals surface area contributed by atoms with E-state index in [1.165, 1.54) is 379 Å². The first-order valence-corrected chi connectivity index (χ1v) is 42.6. The van der Waals surface area contributed by atoms with E-state index >= 15 is 0 Å². The van der Waals surface area contributed by atoms with Crippen molar-refractivity contribution >= 4 is 11.9 Å². The lowest BCUT2D eigenvalue weighted by Gasteiger charge is -2.20. The predicted octanol–water partition coefficient (Wildman–Crippen LogP) is 28.5. The van der Waals surface area contributed by atoms with Crippen molar-refractivity contribution in [3.8, 4) is 0 Å². The van der Waals surface area contributed by atoms with Gasteiger partial charge in [-0.25, -0.2) is 0 Å². The van der Waals surface area contributed by atoms with E-state index in [1.807, 2.05) is 6.08 Å². The van der Waals surface area contributed by atoms with E-state index in [-0.39, 0.29) is 18.5 Å². The van der Waals surface area contributed by atoms with Crippen molar-refractivity contribution in [2.45, 2.75) is 475 Å². The molecule has 0 aliphatic carbocycles. The van der Waals surface area contributed by atoms with E-state index in [2.05, 4.69) is 67.8 Å². The molecule has 94 heavy (non-hydrogen) atoms. The van der Waals surface area contributed by atoms with Crippen LogP contribution in [-0.4, -0.2) is 47.4 Å². The normalized spacial score (nSPS) is 12.8. The molecule has 0 spiro atoms. The predicted molar refractivity (Wildman–Crippen MR) is 416 cm³/mol. The highest BCUT2D eigenvalue weighted by molar-refractivity contribution is 5.76. The first kappa shape index (κ1) is 91.6. The summed E-state index contributed by atoms with van der Waals surface area (Å²) in [5, 5.41) is 23.3. The number of aliphatic hydroxyl groups is 2. The molecule has 2 atom stereocenters. The standard InChI is InChI=1S/C88H165NO5/c1-3-5-7-9-11-13-15-17-19-21-23-24-25-35-38-41-45-48-52-56-60-64-68-72-76-80-86(91)85(84-90)89-87(92)81-77-73-69-65-61-57-53-49-46-42-39-36-33-31-29-27-26-28-30-32-34-37-40-43-47-51-55-59-63-67-71-75-79-83-94-88(93)82-78-74-70-66-62-58-54-50-44-22-20-18-16-14-12-10-8-6-4-2/h12,14,18,20,30,32,37,40,76,80,85-86,90-91H,3-11,13,15-17,19,21-29,31,33-36,38-39,41-75,77-79,81-84H2,1-2H3,(H,89,92)/b14-12-,20-18-,32-30-,40-37-,80-76+. The topological polar surface area (TPSA) is 95.9 Å². The third kappa shape index (κ3) is 78.6. The lowest BCUT2D eigenvalue weighted by Crippen LogP contribution is -2.45. The van der Waals surface area contributed by atoms with Gasteiger partial charge in [0, 0.05) is 12.8 Å². The number of esters is 1. The third-order valence-corrected chi connectivity index (χ3v) is 19.8. The van der Waals surface area contributed by atoms with E-state index < -0.39 is 12.1 Å². The van der Waals surface area contributed by atoms with Gasteiger partial charge in [0.05, 0.1) is 25.4 Å². The minimum atomic E-state index is -0.846. The molecular formula is C88H165NO5. The lowest BCUT2D eigenvalue weighted by atomic mass is 10.0. The number of allylic oxidation sites excluding steroid dienone is 9. The van der Waals surface area contributed by atoms with Crippen molar-refractivity contribution in [2.24, 2.45) is 0 Å². The van der Waals surface area contributed by atoms with E-state index in [0.717, 1.165) is 57.8 Å². The van der Waals surface area contributed by atoms with Crippen LogP contribution in [0.1, 0.15) is 463 Å². The van der Waals surface area contributed by atoms with Crippen LogP contribution in [0.3, 0.4) is 0 Å². The van der Waals surface area contributed by atoms with Crippen LogP contribution in [-0.2, 0) is 14.3 Å². The van der Waals surface area contributed by atoms with Gasteiger partial charge in [-0.1, -0.05) is 415 Å². The van der Waals surface area contributed by atoms with Crippen molar-refractivity contribution in [3.63, 3.8) is 0 Å². The van der Waals surface area contributed by atoms with Gasteiger partial charge in [0.1, 0.15) is 0 Å². The minimum absolute atomic E-state index is 0.0106. The fourth-order valence-corrected chi connectivity index (χ4v) is 13.3. The van der Waals surface area contributed by atoms with Gasteiger partial charge in [-0.2, -0.15) is 0 Å². The maximum atomic E-state index is 12.6. The molecule has 1 amide bonds. The fraction of sp³-hybridized carbons (Fsp3) is 0.864. The molecule has 0 aromatic rings. The highest BCUT2D eigenvalue weighted by Gasteiger charge is 2.18. The SMILES string of the molecule is CCCCC/C=C\C/C=C\CCCCCCCCCCCC(=O)OCCCCCCCCCCC/C=C\C/C=C\CCCCCCCCCCCCCCCCCCCC(=O)NC(CO)C(O)/C=C/CCCCCCCCCCCCCCCCCCCCCCCCC. The Hall–Kier alpha value is -2.44. The molecular weight excluding hydrogens is 1150 g/mol. The maximum absolute atomic E-state index is 12.6. The first-order chi connectivity index (χ1) is 46.5. The van der Waals surface area contributed by atoms with Gasteiger partial charge < -0.3 is 20.3 Å². The molecule has 0 saturated carbocycles. The number of carbonyl (C=O) groups excluding carboxylic acids is 2. The largest absolute Gasteiger partial charge is 0.466 e. The Morgan fingerprint density at radius 3 is 0.830 bits per heavy atom. The molecule has 6 heteroatoms. The summed E-state index contributed by atoms with van der Waals surface area (Å²) in [4.78, 5) is 24.7. The second-order valence-electron chi connectivity index (χ2n) is 29.2. The first-order valence-electron chi connectivity index (χ1n) is 42.6. The highest BCUT2D eigenvalue weighted by Crippen LogP contribution is 2.20. The summed E-state index contributed by atoms with van der Waals surface area (Å²) in [6.45, 7) is 4.92. The highest BCUT2D eigenvalue weighted by atomic mass is 16.5. The van der Waals surface area contributed by atoms with Gasteiger partial charge in [-0.15, -0.1) is 0 Å².